The molecule has 2 atom stereocenters. The number of aliphatic carboxylic acids is 1. The average Bonchev–Trinajstić information content (AvgIpc) is 3.21. The lowest BCUT2D eigenvalue weighted by atomic mass is 9.77. The van der Waals surface area contributed by atoms with E-state index in [1.54, 1.807) is 0 Å². The number of fused-ring (bicyclic) bond motifs is 1. The van der Waals surface area contributed by atoms with Crippen molar-refractivity contribution < 1.29 is 14.6 Å². The first-order valence-electron chi connectivity index (χ1n) is 10.4. The number of nitrogens with zero attached hydrogens (tertiary/aromatic N) is 3. The van der Waals surface area contributed by atoms with Gasteiger partial charge in [0.1, 0.15) is 12.4 Å². The Morgan fingerprint density at radius 3 is 2.62 bits per heavy atom. The molecule has 2 fully saturated rings. The molecule has 154 valence electrons. The van der Waals surface area contributed by atoms with Crippen LogP contribution in [0.25, 0.3) is 0 Å². The largest absolute Gasteiger partial charge is 0.492 e. The number of rotatable bonds is 9. The van der Waals surface area contributed by atoms with Crippen molar-refractivity contribution in [2.75, 3.05) is 39.3 Å². The molecule has 0 aliphatic carbocycles. The molecule has 2 unspecified atom stereocenters. The van der Waals surface area contributed by atoms with Crippen LogP contribution in [0.4, 0.5) is 0 Å². The van der Waals surface area contributed by atoms with E-state index in [9.17, 15) is 9.90 Å². The number of pyridine rings is 1. The summed E-state index contributed by atoms with van der Waals surface area (Å²) in [5.41, 5.74) is 1.13. The lowest BCUT2D eigenvalue weighted by molar-refractivity contribution is -0.137. The molecule has 0 spiro atoms. The molecule has 2 aliphatic heterocycles. The molecular formula is C23H29N3O3. The van der Waals surface area contributed by atoms with Crippen molar-refractivity contribution >= 4 is 5.97 Å². The van der Waals surface area contributed by atoms with Gasteiger partial charge in [-0.3, -0.25) is 19.6 Å². The molecule has 1 N–H and O–H groups in total. The summed E-state index contributed by atoms with van der Waals surface area (Å²) in [5, 5.41) is 9.27. The molecule has 29 heavy (non-hydrogen) atoms. The van der Waals surface area contributed by atoms with E-state index >= 15 is 0 Å². The second-order valence-corrected chi connectivity index (χ2v) is 8.34. The molecule has 1 aromatic carbocycles. The molecule has 3 heterocycles. The van der Waals surface area contributed by atoms with Gasteiger partial charge in [0.05, 0.1) is 5.69 Å². The smallest absolute Gasteiger partial charge is 0.303 e. The van der Waals surface area contributed by atoms with E-state index in [-0.39, 0.29) is 11.8 Å². The number of benzene rings is 1. The standard InChI is InChI=1S/C23H29N3O3/c27-22(28)9-10-23-17-25(12-13-29-21-7-2-1-3-8-21)14-19(23)15-26(18-23)16-20-6-4-5-11-24-20/h1-8,11,19H,9-10,12-18H2,(H,27,28). The Morgan fingerprint density at radius 2 is 1.86 bits per heavy atom. The molecule has 2 aliphatic rings. The van der Waals surface area contributed by atoms with Crippen molar-refractivity contribution in [1.29, 1.82) is 0 Å². The van der Waals surface area contributed by atoms with Gasteiger partial charge in [0.25, 0.3) is 0 Å². The summed E-state index contributed by atoms with van der Waals surface area (Å²) < 4.78 is 5.87. The summed E-state index contributed by atoms with van der Waals surface area (Å²) in [7, 11) is 0. The highest BCUT2D eigenvalue weighted by Crippen LogP contribution is 2.46. The maximum Gasteiger partial charge on any atom is 0.303 e. The van der Waals surface area contributed by atoms with E-state index < -0.39 is 5.97 Å². The average molecular weight is 396 g/mol. The summed E-state index contributed by atoms with van der Waals surface area (Å²) in [4.78, 5) is 20.6. The highest BCUT2D eigenvalue weighted by molar-refractivity contribution is 5.66. The second-order valence-electron chi connectivity index (χ2n) is 8.34. The maximum atomic E-state index is 11.3. The second kappa shape index (κ2) is 8.93. The predicted octanol–water partition coefficient (Wildman–Crippen LogP) is 2.76. The van der Waals surface area contributed by atoms with Crippen LogP contribution < -0.4 is 4.74 Å². The first-order valence-corrected chi connectivity index (χ1v) is 10.4. The van der Waals surface area contributed by atoms with Gasteiger partial charge in [0, 0.05) is 57.3 Å². The van der Waals surface area contributed by atoms with Gasteiger partial charge in [-0.2, -0.15) is 0 Å². The van der Waals surface area contributed by atoms with Crippen molar-refractivity contribution in [2.45, 2.75) is 19.4 Å². The van der Waals surface area contributed by atoms with Crippen LogP contribution in [-0.4, -0.2) is 65.2 Å². The quantitative estimate of drug-likeness (QED) is 0.704. The van der Waals surface area contributed by atoms with Crippen LogP contribution in [0.2, 0.25) is 0 Å². The summed E-state index contributed by atoms with van der Waals surface area (Å²) in [6.45, 7) is 6.27. The third-order valence-corrected chi connectivity index (χ3v) is 6.27. The summed E-state index contributed by atoms with van der Waals surface area (Å²) >= 11 is 0. The third kappa shape index (κ3) is 4.95. The Labute approximate surface area is 172 Å². The SMILES string of the molecule is O=C(O)CCC12CN(CCOc3ccccc3)CC1CN(Cc1ccccn1)C2. The van der Waals surface area contributed by atoms with Crippen LogP contribution in [0.15, 0.2) is 54.7 Å². The van der Waals surface area contributed by atoms with Gasteiger partial charge in [0.2, 0.25) is 0 Å². The highest BCUT2D eigenvalue weighted by Gasteiger charge is 2.51. The number of carbonyl (C=O) groups is 1. The molecule has 2 aromatic rings. The summed E-state index contributed by atoms with van der Waals surface area (Å²) in [5.74, 6) is 0.698. The van der Waals surface area contributed by atoms with E-state index in [0.717, 1.165) is 57.1 Å². The van der Waals surface area contributed by atoms with Gasteiger partial charge >= 0.3 is 5.97 Å². The number of hydrogen-bond donors (Lipinski definition) is 1. The van der Waals surface area contributed by atoms with Crippen LogP contribution in [0.3, 0.4) is 0 Å². The molecule has 6 heteroatoms. The van der Waals surface area contributed by atoms with E-state index in [1.807, 2.05) is 48.7 Å². The lowest BCUT2D eigenvalue weighted by Crippen LogP contribution is -2.36. The zero-order valence-electron chi connectivity index (χ0n) is 16.7. The van der Waals surface area contributed by atoms with Gasteiger partial charge in [0.15, 0.2) is 0 Å². The third-order valence-electron chi connectivity index (χ3n) is 6.27. The fraction of sp³-hybridized carbons (Fsp3) is 0.478. The molecule has 0 radical (unpaired) electrons. The molecule has 1 aromatic heterocycles. The normalized spacial score (nSPS) is 24.5. The molecular weight excluding hydrogens is 366 g/mol. The van der Waals surface area contributed by atoms with Crippen molar-refractivity contribution in [3.8, 4) is 5.75 Å². The fourth-order valence-corrected chi connectivity index (χ4v) is 4.94. The van der Waals surface area contributed by atoms with E-state index in [0.29, 0.717) is 12.5 Å². The molecule has 0 saturated carbocycles. The fourth-order valence-electron chi connectivity index (χ4n) is 4.94. The zero-order chi connectivity index (χ0) is 20.1. The minimum Gasteiger partial charge on any atom is -0.492 e. The first-order chi connectivity index (χ1) is 14.1. The zero-order valence-corrected chi connectivity index (χ0v) is 16.7. The maximum absolute atomic E-state index is 11.3. The monoisotopic (exact) mass is 395 g/mol. The number of hydrogen-bond acceptors (Lipinski definition) is 5. The minimum absolute atomic E-state index is 0.0555. The minimum atomic E-state index is -0.702. The van der Waals surface area contributed by atoms with Crippen LogP contribution in [0, 0.1) is 11.3 Å². The highest BCUT2D eigenvalue weighted by atomic mass is 16.5. The first kappa shape index (κ1) is 19.9. The number of carboxylic acids is 1. The number of ether oxygens (including phenoxy) is 1. The number of para-hydroxylation sites is 1. The van der Waals surface area contributed by atoms with Crippen molar-refractivity contribution in [3.05, 3.63) is 60.4 Å². The molecule has 4 rings (SSSR count). The van der Waals surface area contributed by atoms with E-state index in [1.165, 1.54) is 0 Å². The Kier molecular flexibility index (Phi) is 6.11. The molecule has 0 bridgehead atoms. The topological polar surface area (TPSA) is 65.9 Å². The van der Waals surface area contributed by atoms with E-state index in [2.05, 4.69) is 20.9 Å². The van der Waals surface area contributed by atoms with Crippen molar-refractivity contribution in [1.82, 2.24) is 14.8 Å². The van der Waals surface area contributed by atoms with E-state index in [4.69, 9.17) is 4.74 Å². The van der Waals surface area contributed by atoms with Gasteiger partial charge in [-0.05, 0) is 36.6 Å². The van der Waals surface area contributed by atoms with Crippen LogP contribution in [0.1, 0.15) is 18.5 Å². The lowest BCUT2D eigenvalue weighted by Gasteiger charge is -2.29. The number of likely N-dealkylation sites (tertiary alicyclic amines) is 2. The predicted molar refractivity (Wildman–Crippen MR) is 111 cm³/mol. The van der Waals surface area contributed by atoms with Crippen LogP contribution in [-0.2, 0) is 11.3 Å². The number of carboxylic acid groups (broad SMARTS) is 1. The molecule has 6 nitrogen and oxygen atoms in total. The Hall–Kier alpha value is -2.44. The van der Waals surface area contributed by atoms with Crippen molar-refractivity contribution in [3.63, 3.8) is 0 Å². The van der Waals surface area contributed by atoms with Crippen LogP contribution >= 0.6 is 0 Å². The van der Waals surface area contributed by atoms with Crippen molar-refractivity contribution in [2.24, 2.45) is 11.3 Å². The summed E-state index contributed by atoms with van der Waals surface area (Å²) in [6, 6.07) is 15.9. The van der Waals surface area contributed by atoms with Gasteiger partial charge in [-0.15, -0.1) is 0 Å². The Bertz CT molecular complexity index is 802. The Balaban J connectivity index is 1.35. The van der Waals surface area contributed by atoms with Gasteiger partial charge in [-0.25, -0.2) is 0 Å². The molecule has 2 saturated heterocycles. The van der Waals surface area contributed by atoms with Gasteiger partial charge < -0.3 is 9.84 Å². The Morgan fingerprint density at radius 1 is 1.10 bits per heavy atom. The molecule has 0 amide bonds. The number of aromatic nitrogens is 1. The summed E-state index contributed by atoms with van der Waals surface area (Å²) in [6.07, 6.45) is 2.81. The van der Waals surface area contributed by atoms with Gasteiger partial charge in [-0.1, -0.05) is 24.3 Å². The van der Waals surface area contributed by atoms with Crippen LogP contribution in [0.5, 0.6) is 5.75 Å².